The summed E-state index contributed by atoms with van der Waals surface area (Å²) in [4.78, 5) is 39.1. The van der Waals surface area contributed by atoms with Crippen molar-refractivity contribution in [2.24, 2.45) is 5.92 Å². The first-order valence-corrected chi connectivity index (χ1v) is 9.90. The summed E-state index contributed by atoms with van der Waals surface area (Å²) in [6.45, 7) is 3.90. The molecule has 7 nitrogen and oxygen atoms in total. The summed E-state index contributed by atoms with van der Waals surface area (Å²) in [7, 11) is 0. The lowest BCUT2D eigenvalue weighted by molar-refractivity contribution is -0.126. The minimum Gasteiger partial charge on any atom is -0.354 e. The Morgan fingerprint density at radius 3 is 2.72 bits per heavy atom. The Bertz CT molecular complexity index is 1120. The molecule has 2 heterocycles. The molecule has 1 saturated heterocycles. The molecule has 0 saturated carbocycles. The van der Waals surface area contributed by atoms with E-state index < -0.39 is 11.9 Å². The lowest BCUT2D eigenvalue weighted by atomic mass is 9.93. The molecule has 1 aliphatic heterocycles. The van der Waals surface area contributed by atoms with Crippen LogP contribution in [0, 0.1) is 5.92 Å². The molecule has 2 unspecified atom stereocenters. The Balaban J connectivity index is 1.46. The molecule has 1 aliphatic rings. The van der Waals surface area contributed by atoms with Crippen LogP contribution in [0.4, 0.5) is 10.5 Å². The Labute approximate surface area is 168 Å². The number of carbonyl (C=O) groups excluding carboxylic acids is 3. The number of imide groups is 1. The first kappa shape index (κ1) is 19.0. The van der Waals surface area contributed by atoms with Gasteiger partial charge in [0, 0.05) is 40.0 Å². The molecule has 4 amide bonds. The minimum atomic E-state index is -0.485. The Kier molecular flexibility index (Phi) is 4.96. The summed E-state index contributed by atoms with van der Waals surface area (Å²) in [5, 5.41) is 10.1. The van der Waals surface area contributed by atoms with Crippen molar-refractivity contribution in [2.75, 3.05) is 5.32 Å². The van der Waals surface area contributed by atoms with E-state index >= 15 is 0 Å². The van der Waals surface area contributed by atoms with Crippen LogP contribution >= 0.6 is 0 Å². The molecule has 150 valence electrons. The summed E-state index contributed by atoms with van der Waals surface area (Å²) < 4.78 is 0. The number of fused-ring (bicyclic) bond motifs is 3. The topological polar surface area (TPSA) is 103 Å². The van der Waals surface area contributed by atoms with E-state index in [9.17, 15) is 14.4 Å². The van der Waals surface area contributed by atoms with Gasteiger partial charge >= 0.3 is 6.03 Å². The van der Waals surface area contributed by atoms with Gasteiger partial charge in [0.2, 0.25) is 11.8 Å². The van der Waals surface area contributed by atoms with E-state index in [0.29, 0.717) is 12.1 Å². The average Bonchev–Trinajstić information content (AvgIpc) is 3.04. The molecule has 4 rings (SSSR count). The lowest BCUT2D eigenvalue weighted by Crippen LogP contribution is -2.57. The molecule has 7 heteroatoms. The number of nitrogens with one attached hydrogen (secondary N) is 4. The molecule has 0 aliphatic carbocycles. The summed E-state index contributed by atoms with van der Waals surface area (Å²) in [5.74, 6) is -0.908. The SMILES string of the molecule is CCc1cccc2c1[nH]c1cc(NC(=O)CCC3C(=O)NC(=O)NC3C)ccc12. The van der Waals surface area contributed by atoms with Crippen LogP contribution in [0.25, 0.3) is 21.8 Å². The fourth-order valence-corrected chi connectivity index (χ4v) is 4.03. The van der Waals surface area contributed by atoms with E-state index in [1.807, 2.05) is 18.2 Å². The van der Waals surface area contributed by atoms with E-state index in [2.05, 4.69) is 46.1 Å². The third-order valence-corrected chi connectivity index (χ3v) is 5.60. The van der Waals surface area contributed by atoms with Gasteiger partial charge in [-0.15, -0.1) is 0 Å². The number of anilines is 1. The Hall–Kier alpha value is -3.35. The number of benzene rings is 2. The largest absolute Gasteiger partial charge is 0.354 e. The standard InChI is InChI=1S/C22H24N4O3/c1-3-13-5-4-6-17-16-8-7-14(11-18(16)25-20(13)17)24-19(27)10-9-15-12(2)23-22(29)26-21(15)28/h4-8,11-12,15,25H,3,9-10H2,1-2H3,(H,24,27)(H2,23,26,28,29). The highest BCUT2D eigenvalue weighted by molar-refractivity contribution is 6.09. The van der Waals surface area contributed by atoms with Crippen molar-refractivity contribution < 1.29 is 14.4 Å². The molecule has 3 aromatic rings. The number of aromatic nitrogens is 1. The smallest absolute Gasteiger partial charge is 0.321 e. The molecule has 4 N–H and O–H groups in total. The van der Waals surface area contributed by atoms with Crippen LogP contribution in [-0.2, 0) is 16.0 Å². The Morgan fingerprint density at radius 2 is 1.97 bits per heavy atom. The van der Waals surface area contributed by atoms with Crippen LogP contribution in [0.15, 0.2) is 36.4 Å². The highest BCUT2D eigenvalue weighted by atomic mass is 16.2. The zero-order valence-corrected chi connectivity index (χ0v) is 16.5. The molecule has 0 radical (unpaired) electrons. The number of aryl methyl sites for hydroxylation is 1. The highest BCUT2D eigenvalue weighted by Gasteiger charge is 2.32. The van der Waals surface area contributed by atoms with Gasteiger partial charge in [-0.2, -0.15) is 0 Å². The maximum atomic E-state index is 12.4. The van der Waals surface area contributed by atoms with Gasteiger partial charge in [-0.1, -0.05) is 31.2 Å². The van der Waals surface area contributed by atoms with Crippen LogP contribution < -0.4 is 16.0 Å². The van der Waals surface area contributed by atoms with E-state index in [0.717, 1.165) is 22.8 Å². The number of hydrogen-bond acceptors (Lipinski definition) is 3. The maximum Gasteiger partial charge on any atom is 0.321 e. The second-order valence-electron chi connectivity index (χ2n) is 7.52. The van der Waals surface area contributed by atoms with Crippen molar-refractivity contribution in [3.8, 4) is 0 Å². The van der Waals surface area contributed by atoms with E-state index in [4.69, 9.17) is 0 Å². The zero-order valence-electron chi connectivity index (χ0n) is 16.5. The predicted octanol–water partition coefficient (Wildman–Crippen LogP) is 3.45. The van der Waals surface area contributed by atoms with Crippen LogP contribution in [0.5, 0.6) is 0 Å². The number of para-hydroxylation sites is 1. The molecule has 2 aromatic carbocycles. The van der Waals surface area contributed by atoms with Gasteiger partial charge < -0.3 is 15.6 Å². The molecule has 1 fully saturated rings. The van der Waals surface area contributed by atoms with Crippen molar-refractivity contribution in [1.82, 2.24) is 15.6 Å². The van der Waals surface area contributed by atoms with Gasteiger partial charge in [0.05, 0.1) is 5.92 Å². The fraction of sp³-hybridized carbons (Fsp3) is 0.318. The lowest BCUT2D eigenvalue weighted by Gasteiger charge is -2.28. The molecular formula is C22H24N4O3. The second kappa shape index (κ2) is 7.58. The first-order chi connectivity index (χ1) is 14.0. The third-order valence-electron chi connectivity index (χ3n) is 5.60. The zero-order chi connectivity index (χ0) is 20.5. The molecular weight excluding hydrogens is 368 g/mol. The van der Waals surface area contributed by atoms with Crippen molar-refractivity contribution >= 4 is 45.3 Å². The molecule has 0 spiro atoms. The number of H-pyrrole nitrogens is 1. The number of carbonyl (C=O) groups is 3. The monoisotopic (exact) mass is 392 g/mol. The third kappa shape index (κ3) is 3.68. The Morgan fingerprint density at radius 1 is 1.14 bits per heavy atom. The quantitative estimate of drug-likeness (QED) is 0.535. The summed E-state index contributed by atoms with van der Waals surface area (Å²) in [5.41, 5.74) is 4.08. The maximum absolute atomic E-state index is 12.4. The van der Waals surface area contributed by atoms with Crippen LogP contribution in [0.1, 0.15) is 32.3 Å². The number of rotatable bonds is 5. The number of aromatic amines is 1. The number of urea groups is 1. The van der Waals surface area contributed by atoms with Gasteiger partial charge in [-0.25, -0.2) is 4.79 Å². The molecule has 2 atom stereocenters. The highest BCUT2D eigenvalue weighted by Crippen LogP contribution is 2.30. The van der Waals surface area contributed by atoms with E-state index in [1.165, 1.54) is 10.9 Å². The van der Waals surface area contributed by atoms with E-state index in [-0.39, 0.29) is 24.3 Å². The molecule has 1 aromatic heterocycles. The summed E-state index contributed by atoms with van der Waals surface area (Å²) in [6, 6.07) is 11.3. The second-order valence-corrected chi connectivity index (χ2v) is 7.52. The van der Waals surface area contributed by atoms with Gasteiger partial charge in [-0.3, -0.25) is 14.9 Å². The normalized spacial score (nSPS) is 19.2. The summed E-state index contributed by atoms with van der Waals surface area (Å²) >= 11 is 0. The average molecular weight is 392 g/mol. The molecule has 0 bridgehead atoms. The van der Waals surface area contributed by atoms with Gasteiger partial charge in [-0.05, 0) is 37.5 Å². The van der Waals surface area contributed by atoms with Crippen LogP contribution in [0.3, 0.4) is 0 Å². The van der Waals surface area contributed by atoms with Crippen molar-refractivity contribution in [3.05, 3.63) is 42.0 Å². The van der Waals surface area contributed by atoms with Gasteiger partial charge in [0.1, 0.15) is 0 Å². The fourth-order valence-electron chi connectivity index (χ4n) is 4.03. The van der Waals surface area contributed by atoms with Crippen molar-refractivity contribution in [3.63, 3.8) is 0 Å². The number of hydrogen-bond donors (Lipinski definition) is 4. The minimum absolute atomic E-state index is 0.161. The van der Waals surface area contributed by atoms with Gasteiger partial charge in [0.15, 0.2) is 0 Å². The van der Waals surface area contributed by atoms with Gasteiger partial charge in [0.25, 0.3) is 0 Å². The van der Waals surface area contributed by atoms with Crippen molar-refractivity contribution in [2.45, 2.75) is 39.2 Å². The predicted molar refractivity (Wildman–Crippen MR) is 113 cm³/mol. The molecule has 29 heavy (non-hydrogen) atoms. The number of amides is 4. The summed E-state index contributed by atoms with van der Waals surface area (Å²) in [6.07, 6.45) is 1.51. The van der Waals surface area contributed by atoms with Crippen LogP contribution in [-0.4, -0.2) is 28.9 Å². The van der Waals surface area contributed by atoms with Crippen LogP contribution in [0.2, 0.25) is 0 Å². The van der Waals surface area contributed by atoms with Crippen molar-refractivity contribution in [1.29, 1.82) is 0 Å². The van der Waals surface area contributed by atoms with E-state index in [1.54, 1.807) is 6.92 Å². The first-order valence-electron chi connectivity index (χ1n) is 9.90.